The lowest BCUT2D eigenvalue weighted by Gasteiger charge is -2.37. The Balaban J connectivity index is 1.39. The second-order valence-corrected chi connectivity index (χ2v) is 12.4. The summed E-state index contributed by atoms with van der Waals surface area (Å²) < 4.78 is 64.4. The predicted molar refractivity (Wildman–Crippen MR) is 135 cm³/mol. The lowest BCUT2D eigenvalue weighted by atomic mass is 9.90. The van der Waals surface area contributed by atoms with E-state index in [1.54, 1.807) is 31.2 Å². The van der Waals surface area contributed by atoms with E-state index in [0.29, 0.717) is 13.2 Å². The molecule has 1 aliphatic heterocycles. The Labute approximate surface area is 218 Å². The van der Waals surface area contributed by atoms with Crippen molar-refractivity contribution in [2.75, 3.05) is 19.5 Å². The fourth-order valence-electron chi connectivity index (χ4n) is 3.94. The topological polar surface area (TPSA) is 104 Å². The van der Waals surface area contributed by atoms with Crippen molar-refractivity contribution in [2.24, 2.45) is 0 Å². The molecule has 198 valence electrons. The van der Waals surface area contributed by atoms with Crippen molar-refractivity contribution in [1.29, 1.82) is 0 Å². The number of thioether (sulfide) groups is 1. The molecule has 1 aromatic heterocycles. The SMILES string of the molecule is CC(SC1COC(C=Cc2ccc(S(C)(=O)=O)cc2)OC1)C(O)(Cn1cncn1)c1ccc(F)cc1F. The molecule has 4 rings (SSSR count). The van der Waals surface area contributed by atoms with Crippen LogP contribution in [0.2, 0.25) is 0 Å². The Morgan fingerprint density at radius 1 is 1.22 bits per heavy atom. The zero-order valence-electron chi connectivity index (χ0n) is 20.2. The number of halogens is 2. The van der Waals surface area contributed by atoms with Crippen molar-refractivity contribution >= 4 is 27.7 Å². The molecule has 1 aliphatic rings. The third kappa shape index (κ3) is 6.82. The van der Waals surface area contributed by atoms with Crippen LogP contribution in [0.4, 0.5) is 8.78 Å². The van der Waals surface area contributed by atoms with Gasteiger partial charge in [0.1, 0.15) is 29.9 Å². The van der Waals surface area contributed by atoms with Gasteiger partial charge < -0.3 is 14.6 Å². The van der Waals surface area contributed by atoms with Gasteiger partial charge in [-0.15, -0.1) is 11.8 Å². The zero-order chi connectivity index (χ0) is 26.6. The van der Waals surface area contributed by atoms with Crippen LogP contribution in [0.5, 0.6) is 0 Å². The number of nitrogens with zero attached hydrogens (tertiary/aromatic N) is 3. The summed E-state index contributed by atoms with van der Waals surface area (Å²) in [6.07, 6.45) is 6.81. The van der Waals surface area contributed by atoms with Gasteiger partial charge in [0.25, 0.3) is 0 Å². The van der Waals surface area contributed by atoms with E-state index < -0.39 is 38.6 Å². The van der Waals surface area contributed by atoms with E-state index in [9.17, 15) is 22.3 Å². The number of hydrogen-bond acceptors (Lipinski definition) is 8. The Morgan fingerprint density at radius 3 is 2.51 bits per heavy atom. The van der Waals surface area contributed by atoms with Gasteiger partial charge in [-0.3, -0.25) is 0 Å². The quantitative estimate of drug-likeness (QED) is 0.432. The second kappa shape index (κ2) is 11.4. The average molecular weight is 552 g/mol. The third-order valence-corrected chi connectivity index (χ3v) is 8.57. The van der Waals surface area contributed by atoms with Crippen molar-refractivity contribution in [3.8, 4) is 0 Å². The highest BCUT2D eigenvalue weighted by Crippen LogP contribution is 2.38. The number of aliphatic hydroxyl groups is 1. The normalized spacial score (nSPS) is 21.1. The van der Waals surface area contributed by atoms with Crippen LogP contribution in [0, 0.1) is 11.6 Å². The fraction of sp³-hybridized carbons (Fsp3) is 0.360. The first kappa shape index (κ1) is 27.4. The highest BCUT2D eigenvalue weighted by molar-refractivity contribution is 8.00. The highest BCUT2D eigenvalue weighted by Gasteiger charge is 2.41. The molecule has 2 heterocycles. The van der Waals surface area contributed by atoms with Gasteiger partial charge in [0.2, 0.25) is 0 Å². The Morgan fingerprint density at radius 2 is 1.92 bits per heavy atom. The maximum absolute atomic E-state index is 14.7. The first-order chi connectivity index (χ1) is 17.5. The summed E-state index contributed by atoms with van der Waals surface area (Å²) >= 11 is 1.37. The van der Waals surface area contributed by atoms with Crippen LogP contribution in [0.25, 0.3) is 6.08 Å². The summed E-state index contributed by atoms with van der Waals surface area (Å²) in [7, 11) is -3.26. The molecule has 0 saturated carbocycles. The minimum Gasteiger partial charge on any atom is -0.382 e. The maximum Gasteiger partial charge on any atom is 0.177 e. The molecule has 1 saturated heterocycles. The van der Waals surface area contributed by atoms with Gasteiger partial charge in [0.15, 0.2) is 16.1 Å². The van der Waals surface area contributed by atoms with Crippen LogP contribution in [0.15, 0.2) is 66.1 Å². The molecule has 2 atom stereocenters. The van der Waals surface area contributed by atoms with Crippen molar-refractivity contribution < 1.29 is 31.8 Å². The number of rotatable bonds is 9. The molecule has 2 aromatic carbocycles. The van der Waals surface area contributed by atoms with Crippen molar-refractivity contribution in [1.82, 2.24) is 14.8 Å². The molecule has 12 heteroatoms. The van der Waals surface area contributed by atoms with Crippen LogP contribution in [-0.4, -0.2) is 64.5 Å². The lowest BCUT2D eigenvalue weighted by Crippen LogP contribution is -2.43. The number of benzene rings is 2. The van der Waals surface area contributed by atoms with Gasteiger partial charge >= 0.3 is 0 Å². The summed E-state index contributed by atoms with van der Waals surface area (Å²) in [4.78, 5) is 4.12. The van der Waals surface area contributed by atoms with Crippen molar-refractivity contribution in [3.05, 3.63) is 84.0 Å². The van der Waals surface area contributed by atoms with E-state index in [0.717, 1.165) is 24.0 Å². The number of aromatic nitrogens is 3. The molecule has 2 unspecified atom stereocenters. The van der Waals surface area contributed by atoms with Gasteiger partial charge in [-0.05, 0) is 29.8 Å². The summed E-state index contributed by atoms with van der Waals surface area (Å²) in [6, 6.07) is 9.57. The minimum absolute atomic E-state index is 0.0373. The molecular weight excluding hydrogens is 524 g/mol. The largest absolute Gasteiger partial charge is 0.382 e. The zero-order valence-corrected chi connectivity index (χ0v) is 21.8. The third-order valence-electron chi connectivity index (χ3n) is 5.98. The smallest absolute Gasteiger partial charge is 0.177 e. The molecule has 37 heavy (non-hydrogen) atoms. The maximum atomic E-state index is 14.7. The standard InChI is InChI=1S/C25H27F2N3O5S2/c1-17(25(31,14-30-16-28-15-29-30)22-9-6-19(26)11-23(22)27)36-20-12-34-24(35-13-20)10-5-18-3-7-21(8-4-18)37(2,32)33/h3-11,15-17,20,24,31H,12-14H2,1-2H3. The monoisotopic (exact) mass is 551 g/mol. The number of ether oxygens (including phenoxy) is 2. The number of sulfone groups is 1. The molecule has 3 aromatic rings. The molecule has 1 fully saturated rings. The summed E-state index contributed by atoms with van der Waals surface area (Å²) in [6.45, 7) is 2.32. The van der Waals surface area contributed by atoms with E-state index in [1.807, 2.05) is 0 Å². The van der Waals surface area contributed by atoms with Crippen molar-refractivity contribution in [2.45, 2.75) is 40.8 Å². The van der Waals surface area contributed by atoms with Crippen LogP contribution in [-0.2, 0) is 31.5 Å². The van der Waals surface area contributed by atoms with Gasteiger partial charge in [-0.25, -0.2) is 26.9 Å². The molecule has 8 nitrogen and oxygen atoms in total. The number of hydrogen-bond donors (Lipinski definition) is 1. The summed E-state index contributed by atoms with van der Waals surface area (Å²) in [5.74, 6) is -1.58. The molecule has 0 aliphatic carbocycles. The Bertz CT molecular complexity index is 1330. The Kier molecular flexibility index (Phi) is 8.44. The first-order valence-electron chi connectivity index (χ1n) is 11.4. The lowest BCUT2D eigenvalue weighted by molar-refractivity contribution is -0.146. The van der Waals surface area contributed by atoms with E-state index in [1.165, 1.54) is 47.3 Å². The fourth-order valence-corrected chi connectivity index (χ4v) is 5.89. The van der Waals surface area contributed by atoms with E-state index in [-0.39, 0.29) is 22.3 Å². The van der Waals surface area contributed by atoms with Gasteiger partial charge in [0, 0.05) is 23.1 Å². The molecule has 1 N–H and O–H groups in total. The first-order valence-corrected chi connectivity index (χ1v) is 14.3. The minimum atomic E-state index is -3.26. The van der Waals surface area contributed by atoms with Gasteiger partial charge in [-0.1, -0.05) is 31.2 Å². The van der Waals surface area contributed by atoms with E-state index >= 15 is 0 Å². The second-order valence-electron chi connectivity index (χ2n) is 8.78. The van der Waals surface area contributed by atoms with Crippen LogP contribution < -0.4 is 0 Å². The Hall–Kier alpha value is -2.64. The predicted octanol–water partition coefficient (Wildman–Crippen LogP) is 3.42. The highest BCUT2D eigenvalue weighted by atomic mass is 32.2. The van der Waals surface area contributed by atoms with E-state index in [4.69, 9.17) is 9.47 Å². The summed E-state index contributed by atoms with van der Waals surface area (Å²) in [5.41, 5.74) is -0.959. The molecule has 0 radical (unpaired) electrons. The van der Waals surface area contributed by atoms with Crippen LogP contribution in [0.1, 0.15) is 18.1 Å². The van der Waals surface area contributed by atoms with E-state index in [2.05, 4.69) is 10.1 Å². The summed E-state index contributed by atoms with van der Waals surface area (Å²) in [5, 5.41) is 15.0. The van der Waals surface area contributed by atoms with Gasteiger partial charge in [-0.2, -0.15) is 5.10 Å². The molecule has 0 spiro atoms. The molecular formula is C25H27F2N3O5S2. The average Bonchev–Trinajstić information content (AvgIpc) is 3.36. The molecule has 0 amide bonds. The van der Waals surface area contributed by atoms with Crippen LogP contribution >= 0.6 is 11.8 Å². The molecule has 0 bridgehead atoms. The van der Waals surface area contributed by atoms with Crippen LogP contribution in [0.3, 0.4) is 0 Å². The van der Waals surface area contributed by atoms with Crippen molar-refractivity contribution in [3.63, 3.8) is 0 Å². The van der Waals surface area contributed by atoms with Gasteiger partial charge in [0.05, 0.1) is 29.9 Å².